The molecule has 2 aromatic heterocycles. The standard InChI is InChI=1S/C18H27N5/c1-13(2)22-11-5-8-16(22)18-21-15-7-4-10-20-17(15)23(18)14-6-3-9-19-12-14/h4,7,10,13-14,16,19H,3,5-6,8-9,11-12H2,1-2H3. The van der Waals surface area contributed by atoms with Crippen molar-refractivity contribution < 1.29 is 0 Å². The van der Waals surface area contributed by atoms with Gasteiger partial charge in [0.05, 0.1) is 6.04 Å². The van der Waals surface area contributed by atoms with Crippen molar-refractivity contribution in [2.75, 3.05) is 19.6 Å². The van der Waals surface area contributed by atoms with Gasteiger partial charge in [0.25, 0.3) is 0 Å². The van der Waals surface area contributed by atoms with Gasteiger partial charge in [-0.3, -0.25) is 4.90 Å². The zero-order valence-electron chi connectivity index (χ0n) is 14.2. The van der Waals surface area contributed by atoms with E-state index in [-0.39, 0.29) is 0 Å². The van der Waals surface area contributed by atoms with Gasteiger partial charge >= 0.3 is 0 Å². The molecule has 2 unspecified atom stereocenters. The van der Waals surface area contributed by atoms with Gasteiger partial charge in [-0.15, -0.1) is 0 Å². The largest absolute Gasteiger partial charge is 0.315 e. The molecule has 0 radical (unpaired) electrons. The highest BCUT2D eigenvalue weighted by molar-refractivity contribution is 5.71. The Morgan fingerprint density at radius 3 is 2.96 bits per heavy atom. The maximum atomic E-state index is 5.03. The molecule has 0 spiro atoms. The van der Waals surface area contributed by atoms with Gasteiger partial charge in [0.1, 0.15) is 11.3 Å². The molecule has 0 bridgehead atoms. The number of likely N-dealkylation sites (tertiary alicyclic amines) is 1. The number of hydrogen-bond acceptors (Lipinski definition) is 4. The van der Waals surface area contributed by atoms with E-state index in [1.54, 1.807) is 0 Å². The second kappa shape index (κ2) is 6.21. The zero-order chi connectivity index (χ0) is 15.8. The van der Waals surface area contributed by atoms with Gasteiger partial charge < -0.3 is 9.88 Å². The lowest BCUT2D eigenvalue weighted by molar-refractivity contribution is 0.191. The first-order chi connectivity index (χ1) is 11.3. The molecule has 1 N–H and O–H groups in total. The van der Waals surface area contributed by atoms with E-state index in [9.17, 15) is 0 Å². The lowest BCUT2D eigenvalue weighted by Gasteiger charge is -2.31. The minimum absolute atomic E-state index is 0.436. The van der Waals surface area contributed by atoms with Crippen LogP contribution in [0.5, 0.6) is 0 Å². The van der Waals surface area contributed by atoms with Crippen molar-refractivity contribution in [1.29, 1.82) is 0 Å². The Kier molecular flexibility index (Phi) is 4.07. The zero-order valence-corrected chi connectivity index (χ0v) is 14.2. The summed E-state index contributed by atoms with van der Waals surface area (Å²) in [5.74, 6) is 1.23. The summed E-state index contributed by atoms with van der Waals surface area (Å²) in [6.07, 6.45) is 6.82. The van der Waals surface area contributed by atoms with E-state index < -0.39 is 0 Å². The molecule has 2 atom stereocenters. The molecular weight excluding hydrogens is 286 g/mol. The summed E-state index contributed by atoms with van der Waals surface area (Å²) in [4.78, 5) is 12.3. The van der Waals surface area contributed by atoms with Crippen LogP contribution in [0.3, 0.4) is 0 Å². The lowest BCUT2D eigenvalue weighted by Crippen LogP contribution is -2.35. The van der Waals surface area contributed by atoms with E-state index in [0.29, 0.717) is 18.1 Å². The first kappa shape index (κ1) is 15.1. The number of imidazole rings is 1. The molecule has 0 aromatic carbocycles. The Bertz CT molecular complexity index is 671. The SMILES string of the molecule is CC(C)N1CCCC1c1nc2cccnc2n1C1CCCNC1. The van der Waals surface area contributed by atoms with Crippen LogP contribution in [0.1, 0.15) is 57.4 Å². The van der Waals surface area contributed by atoms with Crippen LogP contribution < -0.4 is 5.32 Å². The Balaban J connectivity index is 1.81. The summed E-state index contributed by atoms with van der Waals surface area (Å²) < 4.78 is 2.45. The van der Waals surface area contributed by atoms with Crippen molar-refractivity contribution in [1.82, 2.24) is 24.8 Å². The molecule has 5 nitrogen and oxygen atoms in total. The third kappa shape index (κ3) is 2.66. The van der Waals surface area contributed by atoms with Gasteiger partial charge in [-0.2, -0.15) is 0 Å². The first-order valence-corrected chi connectivity index (χ1v) is 9.05. The van der Waals surface area contributed by atoms with Gasteiger partial charge in [-0.25, -0.2) is 9.97 Å². The number of hydrogen-bond donors (Lipinski definition) is 1. The van der Waals surface area contributed by atoms with Gasteiger partial charge in [0.15, 0.2) is 5.65 Å². The highest BCUT2D eigenvalue weighted by atomic mass is 15.3. The van der Waals surface area contributed by atoms with Crippen molar-refractivity contribution in [2.45, 2.75) is 57.7 Å². The van der Waals surface area contributed by atoms with E-state index in [1.807, 2.05) is 12.3 Å². The molecular formula is C18H27N5. The molecule has 23 heavy (non-hydrogen) atoms. The van der Waals surface area contributed by atoms with E-state index >= 15 is 0 Å². The number of nitrogens with zero attached hydrogens (tertiary/aromatic N) is 4. The second-order valence-corrected chi connectivity index (χ2v) is 7.18. The molecule has 4 rings (SSSR count). The predicted octanol–water partition coefficient (Wildman–Crippen LogP) is 2.90. The molecule has 2 fully saturated rings. The number of piperidine rings is 1. The summed E-state index contributed by atoms with van der Waals surface area (Å²) >= 11 is 0. The molecule has 2 saturated heterocycles. The van der Waals surface area contributed by atoms with Crippen LogP contribution in [0.25, 0.3) is 11.2 Å². The van der Waals surface area contributed by atoms with Crippen molar-refractivity contribution in [2.24, 2.45) is 0 Å². The van der Waals surface area contributed by atoms with E-state index in [0.717, 1.165) is 24.3 Å². The normalized spacial score (nSPS) is 26.4. The van der Waals surface area contributed by atoms with E-state index in [4.69, 9.17) is 4.98 Å². The molecule has 2 aliphatic heterocycles. The third-order valence-corrected chi connectivity index (χ3v) is 5.37. The predicted molar refractivity (Wildman–Crippen MR) is 92.5 cm³/mol. The monoisotopic (exact) mass is 313 g/mol. The van der Waals surface area contributed by atoms with Gasteiger partial charge in [0, 0.05) is 24.8 Å². The van der Waals surface area contributed by atoms with Gasteiger partial charge in [0.2, 0.25) is 0 Å². The van der Waals surface area contributed by atoms with Crippen LogP contribution in [-0.2, 0) is 0 Å². The minimum atomic E-state index is 0.436. The summed E-state index contributed by atoms with van der Waals surface area (Å²) in [7, 11) is 0. The molecule has 124 valence electrons. The topological polar surface area (TPSA) is 46.0 Å². The van der Waals surface area contributed by atoms with Gasteiger partial charge in [-0.1, -0.05) is 0 Å². The van der Waals surface area contributed by atoms with Crippen molar-refractivity contribution in [3.63, 3.8) is 0 Å². The molecule has 2 aromatic rings. The lowest BCUT2D eigenvalue weighted by atomic mass is 10.1. The minimum Gasteiger partial charge on any atom is -0.315 e. The summed E-state index contributed by atoms with van der Waals surface area (Å²) in [6.45, 7) is 7.94. The number of rotatable bonds is 3. The quantitative estimate of drug-likeness (QED) is 0.946. The molecule has 0 saturated carbocycles. The molecule has 5 heteroatoms. The fraction of sp³-hybridized carbons (Fsp3) is 0.667. The number of nitrogens with one attached hydrogen (secondary N) is 1. The highest BCUT2D eigenvalue weighted by Gasteiger charge is 2.34. The van der Waals surface area contributed by atoms with Crippen LogP contribution in [0, 0.1) is 0 Å². The van der Waals surface area contributed by atoms with Crippen LogP contribution in [0.15, 0.2) is 18.3 Å². The number of fused-ring (bicyclic) bond motifs is 1. The Morgan fingerprint density at radius 1 is 1.26 bits per heavy atom. The smallest absolute Gasteiger partial charge is 0.160 e. The summed E-state index contributed by atoms with van der Waals surface area (Å²) in [5, 5.41) is 3.55. The van der Waals surface area contributed by atoms with Crippen LogP contribution in [-0.4, -0.2) is 45.1 Å². The van der Waals surface area contributed by atoms with Crippen LogP contribution in [0.2, 0.25) is 0 Å². The number of aromatic nitrogens is 3. The van der Waals surface area contributed by atoms with Crippen LogP contribution >= 0.6 is 0 Å². The fourth-order valence-corrected chi connectivity index (χ4v) is 4.28. The molecule has 0 aliphatic carbocycles. The Hall–Kier alpha value is -1.46. The summed E-state index contributed by atoms with van der Waals surface area (Å²) in [5.41, 5.74) is 2.11. The third-order valence-electron chi connectivity index (χ3n) is 5.37. The van der Waals surface area contributed by atoms with Crippen molar-refractivity contribution in [3.05, 3.63) is 24.2 Å². The molecule has 2 aliphatic rings. The highest BCUT2D eigenvalue weighted by Crippen LogP contribution is 2.36. The number of pyridine rings is 1. The van der Waals surface area contributed by atoms with Crippen molar-refractivity contribution >= 4 is 11.2 Å². The molecule has 0 amide bonds. The average molecular weight is 313 g/mol. The first-order valence-electron chi connectivity index (χ1n) is 9.05. The Labute approximate surface area is 138 Å². The van der Waals surface area contributed by atoms with Gasteiger partial charge in [-0.05, 0) is 64.8 Å². The van der Waals surface area contributed by atoms with E-state index in [1.165, 1.54) is 38.1 Å². The van der Waals surface area contributed by atoms with Crippen molar-refractivity contribution in [3.8, 4) is 0 Å². The Morgan fingerprint density at radius 2 is 2.17 bits per heavy atom. The maximum absolute atomic E-state index is 5.03. The van der Waals surface area contributed by atoms with E-state index in [2.05, 4.69) is 39.7 Å². The van der Waals surface area contributed by atoms with Crippen LogP contribution in [0.4, 0.5) is 0 Å². The average Bonchev–Trinajstić information content (AvgIpc) is 3.20. The maximum Gasteiger partial charge on any atom is 0.160 e. The molecule has 4 heterocycles. The summed E-state index contributed by atoms with van der Waals surface area (Å²) in [6, 6.07) is 5.58. The second-order valence-electron chi connectivity index (χ2n) is 7.18. The fourth-order valence-electron chi connectivity index (χ4n) is 4.28.